The Morgan fingerprint density at radius 2 is 2.00 bits per heavy atom. The number of phenolic OH excluding ortho intramolecular Hbond substituents is 1. The Labute approximate surface area is 115 Å². The van der Waals surface area contributed by atoms with Crippen LogP contribution in [-0.2, 0) is 0 Å². The van der Waals surface area contributed by atoms with E-state index in [4.69, 9.17) is 11.6 Å². The van der Waals surface area contributed by atoms with E-state index < -0.39 is 5.91 Å². The molecule has 0 bridgehead atoms. The molecule has 0 saturated heterocycles. The summed E-state index contributed by atoms with van der Waals surface area (Å²) in [7, 11) is 0. The number of hydrogen-bond donors (Lipinski definition) is 2. The van der Waals surface area contributed by atoms with Gasteiger partial charge in [-0.15, -0.1) is 0 Å². The number of nitrogens with one attached hydrogen (secondary N) is 1. The second-order valence-electron chi connectivity index (χ2n) is 4.13. The van der Waals surface area contributed by atoms with Crippen LogP contribution in [0.3, 0.4) is 0 Å². The van der Waals surface area contributed by atoms with Gasteiger partial charge in [0, 0.05) is 5.69 Å². The Kier molecular flexibility index (Phi) is 3.66. The number of anilines is 1. The number of phenols is 1. The molecular formula is C13H12ClN3O2. The normalized spacial score (nSPS) is 10.3. The van der Waals surface area contributed by atoms with E-state index in [0.29, 0.717) is 5.69 Å². The molecule has 19 heavy (non-hydrogen) atoms. The molecule has 0 aliphatic rings. The molecule has 98 valence electrons. The first-order valence-electron chi connectivity index (χ1n) is 5.58. The van der Waals surface area contributed by atoms with Gasteiger partial charge in [0.15, 0.2) is 0 Å². The molecule has 0 fully saturated rings. The van der Waals surface area contributed by atoms with E-state index in [0.717, 1.165) is 5.56 Å². The zero-order valence-corrected chi connectivity index (χ0v) is 11.2. The van der Waals surface area contributed by atoms with Crippen molar-refractivity contribution in [2.24, 2.45) is 0 Å². The number of hydrogen-bond acceptors (Lipinski definition) is 4. The van der Waals surface area contributed by atoms with E-state index in [1.54, 1.807) is 19.1 Å². The summed E-state index contributed by atoms with van der Waals surface area (Å²) in [6.45, 7) is 3.57. The van der Waals surface area contributed by atoms with E-state index in [1.165, 1.54) is 12.1 Å². The van der Waals surface area contributed by atoms with E-state index in [2.05, 4.69) is 15.3 Å². The van der Waals surface area contributed by atoms with Crippen LogP contribution in [-0.4, -0.2) is 21.0 Å². The van der Waals surface area contributed by atoms with Gasteiger partial charge in [-0.05, 0) is 37.6 Å². The Hall–Kier alpha value is -2.14. The average Bonchev–Trinajstić information content (AvgIpc) is 2.26. The summed E-state index contributed by atoms with van der Waals surface area (Å²) in [4.78, 5) is 19.9. The highest BCUT2D eigenvalue weighted by atomic mass is 35.5. The molecule has 5 nitrogen and oxygen atoms in total. The molecule has 0 aliphatic heterocycles. The third-order valence-electron chi connectivity index (χ3n) is 2.45. The molecule has 0 radical (unpaired) electrons. The van der Waals surface area contributed by atoms with Crippen molar-refractivity contribution in [3.05, 3.63) is 46.2 Å². The third kappa shape index (κ3) is 3.20. The summed E-state index contributed by atoms with van der Waals surface area (Å²) in [5, 5.41) is 12.5. The van der Waals surface area contributed by atoms with Gasteiger partial charge in [0.1, 0.15) is 10.9 Å². The molecule has 1 aromatic heterocycles. The van der Waals surface area contributed by atoms with Crippen molar-refractivity contribution >= 4 is 23.5 Å². The van der Waals surface area contributed by atoms with E-state index in [1.807, 2.05) is 6.92 Å². The van der Waals surface area contributed by atoms with Crippen molar-refractivity contribution in [3.63, 3.8) is 0 Å². The highest BCUT2D eigenvalue weighted by molar-refractivity contribution is 6.29. The lowest BCUT2D eigenvalue weighted by atomic mass is 10.1. The van der Waals surface area contributed by atoms with E-state index in [9.17, 15) is 9.90 Å². The topological polar surface area (TPSA) is 75.1 Å². The van der Waals surface area contributed by atoms with Crippen LogP contribution in [0.1, 0.15) is 21.6 Å². The summed E-state index contributed by atoms with van der Waals surface area (Å²) in [5.41, 5.74) is 1.67. The van der Waals surface area contributed by atoms with Crippen LogP contribution in [0.5, 0.6) is 5.75 Å². The van der Waals surface area contributed by atoms with Crippen molar-refractivity contribution in [2.45, 2.75) is 13.8 Å². The van der Waals surface area contributed by atoms with Crippen molar-refractivity contribution in [1.82, 2.24) is 9.97 Å². The van der Waals surface area contributed by atoms with Crippen LogP contribution in [0, 0.1) is 13.8 Å². The Balaban J connectivity index is 2.25. The minimum atomic E-state index is -0.487. The molecule has 2 rings (SSSR count). The van der Waals surface area contributed by atoms with Gasteiger partial charge in [-0.2, -0.15) is 0 Å². The number of carbonyl (C=O) groups is 1. The SMILES string of the molecule is Cc1ccc(C(=O)Nc2nc(C)cc(Cl)n2)c(O)c1. The van der Waals surface area contributed by atoms with Gasteiger partial charge >= 0.3 is 0 Å². The maximum atomic E-state index is 12.0. The number of amides is 1. The van der Waals surface area contributed by atoms with Gasteiger partial charge in [0.25, 0.3) is 5.91 Å². The minimum Gasteiger partial charge on any atom is -0.507 e. The molecular weight excluding hydrogens is 266 g/mol. The van der Waals surface area contributed by atoms with Gasteiger partial charge in [0.05, 0.1) is 5.56 Å². The van der Waals surface area contributed by atoms with Gasteiger partial charge < -0.3 is 5.11 Å². The number of benzene rings is 1. The summed E-state index contributed by atoms with van der Waals surface area (Å²) >= 11 is 5.78. The molecule has 0 unspecified atom stereocenters. The maximum absolute atomic E-state index is 12.0. The van der Waals surface area contributed by atoms with Gasteiger partial charge in [-0.25, -0.2) is 9.97 Å². The molecule has 0 saturated carbocycles. The summed E-state index contributed by atoms with van der Waals surface area (Å²) in [6, 6.07) is 6.37. The monoisotopic (exact) mass is 277 g/mol. The van der Waals surface area contributed by atoms with Crippen LogP contribution < -0.4 is 5.32 Å². The fourth-order valence-corrected chi connectivity index (χ4v) is 1.83. The molecule has 1 aromatic carbocycles. The van der Waals surface area contributed by atoms with Crippen LogP contribution in [0.25, 0.3) is 0 Å². The lowest BCUT2D eigenvalue weighted by Gasteiger charge is -2.07. The van der Waals surface area contributed by atoms with Crippen LogP contribution in [0.2, 0.25) is 5.15 Å². The van der Waals surface area contributed by atoms with E-state index in [-0.39, 0.29) is 22.4 Å². The average molecular weight is 278 g/mol. The largest absolute Gasteiger partial charge is 0.507 e. The molecule has 6 heteroatoms. The number of nitrogens with zero attached hydrogens (tertiary/aromatic N) is 2. The van der Waals surface area contributed by atoms with Crippen molar-refractivity contribution < 1.29 is 9.90 Å². The molecule has 0 spiro atoms. The maximum Gasteiger partial charge on any atom is 0.261 e. The Morgan fingerprint density at radius 1 is 1.26 bits per heavy atom. The fourth-order valence-electron chi connectivity index (χ4n) is 1.59. The second-order valence-corrected chi connectivity index (χ2v) is 4.52. The van der Waals surface area contributed by atoms with Crippen LogP contribution in [0.4, 0.5) is 5.95 Å². The molecule has 0 atom stereocenters. The number of aromatic nitrogens is 2. The fraction of sp³-hybridized carbons (Fsp3) is 0.154. The minimum absolute atomic E-state index is 0.0868. The van der Waals surface area contributed by atoms with Gasteiger partial charge in [-0.1, -0.05) is 17.7 Å². The van der Waals surface area contributed by atoms with Crippen molar-refractivity contribution in [1.29, 1.82) is 0 Å². The number of carbonyl (C=O) groups excluding carboxylic acids is 1. The van der Waals surface area contributed by atoms with Gasteiger partial charge in [0.2, 0.25) is 5.95 Å². The first kappa shape index (κ1) is 13.3. The lowest BCUT2D eigenvalue weighted by Crippen LogP contribution is -2.14. The highest BCUT2D eigenvalue weighted by Gasteiger charge is 2.13. The van der Waals surface area contributed by atoms with Crippen molar-refractivity contribution in [2.75, 3.05) is 5.32 Å². The van der Waals surface area contributed by atoms with E-state index >= 15 is 0 Å². The Morgan fingerprint density at radius 3 is 2.63 bits per heavy atom. The second kappa shape index (κ2) is 5.24. The zero-order chi connectivity index (χ0) is 14.0. The molecule has 2 aromatic rings. The number of rotatable bonds is 2. The quantitative estimate of drug-likeness (QED) is 0.828. The summed E-state index contributed by atoms with van der Waals surface area (Å²) in [5.74, 6) is -0.467. The summed E-state index contributed by atoms with van der Waals surface area (Å²) in [6.07, 6.45) is 0. The number of halogens is 1. The molecule has 1 heterocycles. The first-order chi connectivity index (χ1) is 8.95. The predicted octanol–water partition coefficient (Wildman–Crippen LogP) is 2.70. The Bertz CT molecular complexity index is 624. The third-order valence-corrected chi connectivity index (χ3v) is 2.64. The standard InChI is InChI=1S/C13H12ClN3O2/c1-7-3-4-9(10(18)5-7)12(19)17-13-15-8(2)6-11(14)16-13/h3-6,18H,1-2H3,(H,15,16,17,19). The number of aromatic hydroxyl groups is 1. The van der Waals surface area contributed by atoms with Crippen LogP contribution >= 0.6 is 11.6 Å². The summed E-state index contributed by atoms with van der Waals surface area (Å²) < 4.78 is 0. The van der Waals surface area contributed by atoms with Crippen LogP contribution in [0.15, 0.2) is 24.3 Å². The smallest absolute Gasteiger partial charge is 0.261 e. The molecule has 1 amide bonds. The molecule has 2 N–H and O–H groups in total. The zero-order valence-electron chi connectivity index (χ0n) is 10.4. The van der Waals surface area contributed by atoms with Gasteiger partial charge in [-0.3, -0.25) is 10.1 Å². The highest BCUT2D eigenvalue weighted by Crippen LogP contribution is 2.19. The number of aryl methyl sites for hydroxylation is 2. The lowest BCUT2D eigenvalue weighted by molar-refractivity contribution is 0.102. The molecule has 0 aliphatic carbocycles. The predicted molar refractivity (Wildman–Crippen MR) is 72.6 cm³/mol. The first-order valence-corrected chi connectivity index (χ1v) is 5.95. The van der Waals surface area contributed by atoms with Crippen molar-refractivity contribution in [3.8, 4) is 5.75 Å².